The van der Waals surface area contributed by atoms with Crippen molar-refractivity contribution in [3.8, 4) is 0 Å². The number of aryl methyl sites for hydroxylation is 2. The van der Waals surface area contributed by atoms with Crippen LogP contribution in [0, 0.1) is 13.8 Å². The van der Waals surface area contributed by atoms with Gasteiger partial charge >= 0.3 is 0 Å². The lowest BCUT2D eigenvalue weighted by atomic mass is 10.1. The third kappa shape index (κ3) is 5.90. The summed E-state index contributed by atoms with van der Waals surface area (Å²) in [5.41, 5.74) is 3.81. The van der Waals surface area contributed by atoms with Gasteiger partial charge in [0, 0.05) is 16.6 Å². The number of hydrogen-bond acceptors (Lipinski definition) is 2. The van der Waals surface area contributed by atoms with Crippen LogP contribution in [0.15, 0.2) is 53.2 Å². The van der Waals surface area contributed by atoms with Crippen molar-refractivity contribution in [3.63, 3.8) is 0 Å². The van der Waals surface area contributed by atoms with Crippen LogP contribution in [-0.2, 0) is 9.53 Å². The summed E-state index contributed by atoms with van der Waals surface area (Å²) in [7, 11) is 1.56. The molecule has 0 aliphatic rings. The number of methoxy groups -OCH3 is 1. The summed E-state index contributed by atoms with van der Waals surface area (Å²) in [5.74, 6) is 0.542. The topological polar surface area (TPSA) is 38.3 Å². The van der Waals surface area contributed by atoms with Gasteiger partial charge in [0.25, 0.3) is 0 Å². The molecule has 0 heterocycles. The Labute approximate surface area is 140 Å². The third-order valence-corrected chi connectivity index (χ3v) is 3.66. The minimum Gasteiger partial charge on any atom is -0.497 e. The maximum atomic E-state index is 12.1. The number of rotatable bonds is 7. The van der Waals surface area contributed by atoms with E-state index in [4.69, 9.17) is 4.74 Å². The third-order valence-electron chi connectivity index (χ3n) is 3.20. The molecule has 0 bridgehead atoms. The monoisotopic (exact) mass is 363 g/mol. The first-order valence-electron chi connectivity index (χ1n) is 6.99. The number of nitrogens with one attached hydrogen (secondary N) is 1. The molecule has 1 rings (SSSR count). The molecule has 0 saturated heterocycles. The Kier molecular flexibility index (Phi) is 7.12. The maximum Gasteiger partial charge on any atom is 0.224 e. The van der Waals surface area contributed by atoms with Crippen LogP contribution < -0.4 is 5.32 Å². The number of carbonyl (C=O) groups is 1. The Morgan fingerprint density at radius 2 is 1.82 bits per heavy atom. The van der Waals surface area contributed by atoms with E-state index < -0.39 is 0 Å². The van der Waals surface area contributed by atoms with E-state index in [0.29, 0.717) is 18.6 Å². The highest BCUT2D eigenvalue weighted by Gasteiger charge is 2.08. The number of ether oxygens (including phenoxy) is 1. The van der Waals surface area contributed by atoms with Gasteiger partial charge in [0.05, 0.1) is 7.11 Å². The Balaban J connectivity index is 2.56. The van der Waals surface area contributed by atoms with E-state index in [1.165, 1.54) is 0 Å². The lowest BCUT2D eigenvalue weighted by molar-refractivity contribution is -0.116. The lowest BCUT2D eigenvalue weighted by Crippen LogP contribution is -2.13. The average Bonchev–Trinajstić information content (AvgIpc) is 2.46. The smallest absolute Gasteiger partial charge is 0.224 e. The van der Waals surface area contributed by atoms with E-state index in [9.17, 15) is 4.79 Å². The summed E-state index contributed by atoms with van der Waals surface area (Å²) in [6.07, 6.45) is 4.53. The first-order valence-corrected chi connectivity index (χ1v) is 7.78. The molecule has 0 radical (unpaired) electrons. The zero-order chi connectivity index (χ0) is 16.7. The summed E-state index contributed by atoms with van der Waals surface area (Å²) in [5, 5.41) is 2.97. The van der Waals surface area contributed by atoms with Crippen molar-refractivity contribution >= 4 is 27.5 Å². The second-order valence-corrected chi connectivity index (χ2v) is 6.04. The Hall–Kier alpha value is -1.81. The minimum atomic E-state index is -0.0198. The van der Waals surface area contributed by atoms with Gasteiger partial charge in [0.15, 0.2) is 0 Å². The lowest BCUT2D eigenvalue weighted by Gasteiger charge is -2.12. The molecule has 22 heavy (non-hydrogen) atoms. The van der Waals surface area contributed by atoms with Gasteiger partial charge < -0.3 is 10.1 Å². The molecule has 0 aromatic heterocycles. The molecular formula is C18H22BrNO2. The summed E-state index contributed by atoms with van der Waals surface area (Å²) < 4.78 is 5.95. The molecular weight excluding hydrogens is 342 g/mol. The molecule has 1 aromatic rings. The van der Waals surface area contributed by atoms with Crippen LogP contribution in [-0.4, -0.2) is 13.0 Å². The van der Waals surface area contributed by atoms with Gasteiger partial charge in [-0.15, -0.1) is 0 Å². The van der Waals surface area contributed by atoms with Crippen molar-refractivity contribution in [1.29, 1.82) is 0 Å². The number of allylic oxidation sites excluding steroid dienone is 3. The molecule has 1 aromatic carbocycles. The van der Waals surface area contributed by atoms with E-state index in [1.807, 2.05) is 32.1 Å². The van der Waals surface area contributed by atoms with Gasteiger partial charge in [0.2, 0.25) is 5.91 Å². The van der Waals surface area contributed by atoms with Crippen LogP contribution >= 0.6 is 15.9 Å². The van der Waals surface area contributed by atoms with Crippen LogP contribution in [0.5, 0.6) is 0 Å². The number of benzene rings is 1. The highest BCUT2D eigenvalue weighted by molar-refractivity contribution is 9.10. The van der Waals surface area contributed by atoms with Gasteiger partial charge in [-0.1, -0.05) is 40.7 Å². The number of amides is 1. The van der Waals surface area contributed by atoms with Gasteiger partial charge in [-0.3, -0.25) is 4.79 Å². The predicted octanol–water partition coefficient (Wildman–Crippen LogP) is 5.06. The van der Waals surface area contributed by atoms with Crippen LogP contribution in [0.2, 0.25) is 0 Å². The predicted molar refractivity (Wildman–Crippen MR) is 95.9 cm³/mol. The number of anilines is 1. The second kappa shape index (κ2) is 8.59. The second-order valence-electron chi connectivity index (χ2n) is 5.12. The summed E-state index contributed by atoms with van der Waals surface area (Å²) in [6.45, 7) is 11.6. The van der Waals surface area contributed by atoms with E-state index in [1.54, 1.807) is 13.2 Å². The van der Waals surface area contributed by atoms with Crippen molar-refractivity contribution in [1.82, 2.24) is 0 Å². The van der Waals surface area contributed by atoms with Crippen molar-refractivity contribution in [2.75, 3.05) is 12.4 Å². The molecule has 118 valence electrons. The summed E-state index contributed by atoms with van der Waals surface area (Å²) >= 11 is 3.45. The molecule has 1 N–H and O–H groups in total. The zero-order valence-corrected chi connectivity index (χ0v) is 14.9. The first-order chi connectivity index (χ1) is 10.3. The van der Waals surface area contributed by atoms with E-state index in [2.05, 4.69) is 34.4 Å². The standard InChI is InChI=1S/C18H22BrNO2/c1-12(6-8-15(4)22-5)7-9-17(21)20-18-13(2)10-16(19)11-14(18)3/h6,8,10-11H,1,4,7,9H2,2-3,5H3,(H,20,21)/b8-6-. The fourth-order valence-corrected chi connectivity index (χ4v) is 2.63. The normalized spacial score (nSPS) is 10.5. The highest BCUT2D eigenvalue weighted by Crippen LogP contribution is 2.25. The number of halogens is 1. The molecule has 0 aliphatic heterocycles. The molecule has 0 fully saturated rings. The maximum absolute atomic E-state index is 12.1. The Morgan fingerprint density at radius 1 is 1.23 bits per heavy atom. The molecule has 0 spiro atoms. The van der Waals surface area contributed by atoms with Crippen LogP contribution in [0.1, 0.15) is 24.0 Å². The molecule has 1 amide bonds. The minimum absolute atomic E-state index is 0.0198. The van der Waals surface area contributed by atoms with E-state index in [0.717, 1.165) is 26.9 Å². The van der Waals surface area contributed by atoms with Gasteiger partial charge in [0.1, 0.15) is 5.76 Å². The largest absolute Gasteiger partial charge is 0.497 e. The zero-order valence-electron chi connectivity index (χ0n) is 13.3. The number of hydrogen-bond donors (Lipinski definition) is 1. The average molecular weight is 364 g/mol. The van der Waals surface area contributed by atoms with Gasteiger partial charge in [-0.2, -0.15) is 0 Å². The summed E-state index contributed by atoms with van der Waals surface area (Å²) in [6, 6.07) is 3.97. The molecule has 3 nitrogen and oxygen atoms in total. The van der Waals surface area contributed by atoms with Gasteiger partial charge in [-0.25, -0.2) is 0 Å². The van der Waals surface area contributed by atoms with Crippen molar-refractivity contribution in [2.24, 2.45) is 0 Å². The van der Waals surface area contributed by atoms with E-state index >= 15 is 0 Å². The Bertz CT molecular complexity index is 595. The summed E-state index contributed by atoms with van der Waals surface area (Å²) in [4.78, 5) is 12.1. The molecule has 0 saturated carbocycles. The van der Waals surface area contributed by atoms with Crippen LogP contribution in [0.25, 0.3) is 0 Å². The fourth-order valence-electron chi connectivity index (χ4n) is 1.95. The highest BCUT2D eigenvalue weighted by atomic mass is 79.9. The Morgan fingerprint density at radius 3 is 2.36 bits per heavy atom. The number of carbonyl (C=O) groups excluding carboxylic acids is 1. The van der Waals surface area contributed by atoms with Crippen LogP contribution in [0.3, 0.4) is 0 Å². The van der Waals surface area contributed by atoms with Crippen molar-refractivity contribution in [2.45, 2.75) is 26.7 Å². The molecule has 0 atom stereocenters. The quantitative estimate of drug-likeness (QED) is 0.543. The molecule has 0 aliphatic carbocycles. The van der Waals surface area contributed by atoms with Crippen LogP contribution in [0.4, 0.5) is 5.69 Å². The van der Waals surface area contributed by atoms with Crippen molar-refractivity contribution < 1.29 is 9.53 Å². The van der Waals surface area contributed by atoms with E-state index in [-0.39, 0.29) is 5.91 Å². The molecule has 0 unspecified atom stereocenters. The molecule has 4 heteroatoms. The van der Waals surface area contributed by atoms with Gasteiger partial charge in [-0.05, 0) is 49.6 Å². The van der Waals surface area contributed by atoms with Crippen molar-refractivity contribution in [3.05, 3.63) is 64.4 Å². The SMILES string of the molecule is C=C(/C=C\C(=C)OC)CCC(=O)Nc1c(C)cc(Br)cc1C. The fraction of sp³-hybridized carbons (Fsp3) is 0.278. The first kappa shape index (κ1) is 18.2.